The van der Waals surface area contributed by atoms with Gasteiger partial charge in [-0.1, -0.05) is 29.8 Å². The number of hydrogen-bond acceptors (Lipinski definition) is 3. The van der Waals surface area contributed by atoms with E-state index >= 15 is 0 Å². The average Bonchev–Trinajstić information content (AvgIpc) is 2.80. The quantitative estimate of drug-likeness (QED) is 0.778. The Bertz CT molecular complexity index is 523. The number of β-amino-alcohol motifs (C(OH)–C–C–N with tert-alkyl or cyclic N) is 1. The van der Waals surface area contributed by atoms with Crippen molar-refractivity contribution >= 4 is 23.6 Å². The van der Waals surface area contributed by atoms with E-state index in [1.807, 2.05) is 0 Å². The third-order valence-corrected chi connectivity index (χ3v) is 3.58. The van der Waals surface area contributed by atoms with Crippen LogP contribution in [0, 0.1) is 0 Å². The zero-order valence-corrected chi connectivity index (χ0v) is 11.4. The Hall–Kier alpha value is -1.79. The number of carboxylic acids is 1. The number of hydrogen-bond donors (Lipinski definition) is 3. The van der Waals surface area contributed by atoms with Gasteiger partial charge >= 0.3 is 12.0 Å². The first kappa shape index (κ1) is 14.6. The predicted octanol–water partition coefficient (Wildman–Crippen LogP) is 1.07. The van der Waals surface area contributed by atoms with E-state index in [0.29, 0.717) is 5.02 Å². The predicted molar refractivity (Wildman–Crippen MR) is 72.4 cm³/mol. The molecule has 2 rings (SSSR count). The SMILES string of the molecule is O=C(O)C1CC(O)CN1C(=O)NCc1ccccc1Cl. The largest absolute Gasteiger partial charge is 0.480 e. The molecule has 3 N–H and O–H groups in total. The van der Waals surface area contributed by atoms with Crippen LogP contribution in [0.1, 0.15) is 12.0 Å². The zero-order valence-electron chi connectivity index (χ0n) is 10.6. The summed E-state index contributed by atoms with van der Waals surface area (Å²) in [4.78, 5) is 24.2. The molecular formula is C13H15ClN2O4. The number of urea groups is 1. The summed E-state index contributed by atoms with van der Waals surface area (Å²) in [6, 6.07) is 5.56. The van der Waals surface area contributed by atoms with Crippen LogP contribution in [0.5, 0.6) is 0 Å². The van der Waals surface area contributed by atoms with Crippen LogP contribution in [0.3, 0.4) is 0 Å². The average molecular weight is 299 g/mol. The fourth-order valence-electron chi connectivity index (χ4n) is 2.19. The minimum absolute atomic E-state index is 0.0192. The van der Waals surface area contributed by atoms with Crippen LogP contribution in [0.15, 0.2) is 24.3 Å². The summed E-state index contributed by atoms with van der Waals surface area (Å²) in [5, 5.41) is 21.7. The molecule has 0 bridgehead atoms. The molecule has 0 saturated carbocycles. The second kappa shape index (κ2) is 6.11. The zero-order chi connectivity index (χ0) is 14.7. The monoisotopic (exact) mass is 298 g/mol. The molecule has 1 saturated heterocycles. The molecule has 0 aromatic heterocycles. The molecule has 1 aromatic rings. The Balaban J connectivity index is 1.98. The molecular weight excluding hydrogens is 284 g/mol. The molecule has 1 aliphatic rings. The molecule has 2 unspecified atom stereocenters. The number of aliphatic hydroxyl groups excluding tert-OH is 1. The van der Waals surface area contributed by atoms with E-state index in [1.165, 1.54) is 0 Å². The van der Waals surface area contributed by atoms with Gasteiger partial charge in [-0.05, 0) is 11.6 Å². The summed E-state index contributed by atoms with van der Waals surface area (Å²) >= 11 is 5.97. The van der Waals surface area contributed by atoms with Gasteiger partial charge in [-0.15, -0.1) is 0 Å². The lowest BCUT2D eigenvalue weighted by Gasteiger charge is -2.21. The van der Waals surface area contributed by atoms with E-state index in [-0.39, 0.29) is 19.5 Å². The van der Waals surface area contributed by atoms with Crippen molar-refractivity contribution in [2.75, 3.05) is 6.54 Å². The Kier molecular flexibility index (Phi) is 4.46. The van der Waals surface area contributed by atoms with Crippen molar-refractivity contribution in [3.8, 4) is 0 Å². The number of aliphatic hydroxyl groups is 1. The lowest BCUT2D eigenvalue weighted by molar-refractivity contribution is -0.141. The normalized spacial score (nSPS) is 21.8. The van der Waals surface area contributed by atoms with Crippen molar-refractivity contribution in [3.05, 3.63) is 34.9 Å². The van der Waals surface area contributed by atoms with Crippen molar-refractivity contribution in [1.29, 1.82) is 0 Å². The Morgan fingerprint density at radius 3 is 2.75 bits per heavy atom. The number of carbonyl (C=O) groups excluding carboxylic acids is 1. The Morgan fingerprint density at radius 2 is 2.10 bits per heavy atom. The fraction of sp³-hybridized carbons (Fsp3) is 0.385. The number of aliphatic carboxylic acids is 1. The molecule has 1 aromatic carbocycles. The maximum atomic E-state index is 12.0. The summed E-state index contributed by atoms with van der Waals surface area (Å²) in [6.07, 6.45) is -0.753. The van der Waals surface area contributed by atoms with E-state index in [4.69, 9.17) is 16.7 Å². The molecule has 0 spiro atoms. The first-order chi connectivity index (χ1) is 9.49. The lowest BCUT2D eigenvalue weighted by atomic mass is 10.2. The van der Waals surface area contributed by atoms with Crippen LogP contribution in [0.4, 0.5) is 4.79 Å². The smallest absolute Gasteiger partial charge is 0.326 e. The molecule has 2 atom stereocenters. The number of likely N-dealkylation sites (tertiary alicyclic amines) is 1. The van der Waals surface area contributed by atoms with E-state index in [2.05, 4.69) is 5.32 Å². The minimum atomic E-state index is -1.12. The van der Waals surface area contributed by atoms with Gasteiger partial charge in [0.25, 0.3) is 0 Å². The second-order valence-electron chi connectivity index (χ2n) is 4.65. The number of amides is 2. The van der Waals surface area contributed by atoms with Gasteiger partial charge in [0, 0.05) is 24.5 Å². The molecule has 1 aliphatic heterocycles. The molecule has 0 radical (unpaired) electrons. The van der Waals surface area contributed by atoms with Crippen molar-refractivity contribution < 1.29 is 19.8 Å². The molecule has 1 fully saturated rings. The molecule has 1 heterocycles. The number of halogens is 1. The van der Waals surface area contributed by atoms with Gasteiger partial charge in [0.05, 0.1) is 6.10 Å². The van der Waals surface area contributed by atoms with Crippen LogP contribution in [-0.2, 0) is 11.3 Å². The fourth-order valence-corrected chi connectivity index (χ4v) is 2.39. The standard InChI is InChI=1S/C13H15ClN2O4/c14-10-4-2-1-3-8(10)6-15-13(20)16-7-9(17)5-11(16)12(18)19/h1-4,9,11,17H,5-7H2,(H,15,20)(H,18,19). The molecule has 108 valence electrons. The summed E-state index contributed by atoms with van der Waals surface area (Å²) in [5.74, 6) is -1.12. The van der Waals surface area contributed by atoms with Gasteiger partial charge in [-0.2, -0.15) is 0 Å². The maximum Gasteiger partial charge on any atom is 0.326 e. The van der Waals surface area contributed by atoms with Gasteiger partial charge in [0.2, 0.25) is 0 Å². The highest BCUT2D eigenvalue weighted by atomic mass is 35.5. The second-order valence-corrected chi connectivity index (χ2v) is 5.05. The first-order valence-electron chi connectivity index (χ1n) is 6.17. The minimum Gasteiger partial charge on any atom is -0.480 e. The molecule has 20 heavy (non-hydrogen) atoms. The summed E-state index contributed by atoms with van der Waals surface area (Å²) in [5.41, 5.74) is 0.745. The summed E-state index contributed by atoms with van der Waals surface area (Å²) in [6.45, 7) is 0.225. The van der Waals surface area contributed by atoms with E-state index in [0.717, 1.165) is 10.5 Å². The van der Waals surface area contributed by atoms with Gasteiger partial charge in [0.1, 0.15) is 6.04 Å². The summed E-state index contributed by atoms with van der Waals surface area (Å²) in [7, 11) is 0. The van der Waals surface area contributed by atoms with E-state index in [9.17, 15) is 14.7 Å². The molecule has 2 amide bonds. The maximum absolute atomic E-state index is 12.0. The van der Waals surface area contributed by atoms with Crippen LogP contribution in [-0.4, -0.2) is 45.8 Å². The number of carbonyl (C=O) groups is 2. The molecule has 0 aliphatic carbocycles. The molecule has 6 nitrogen and oxygen atoms in total. The number of nitrogens with one attached hydrogen (secondary N) is 1. The van der Waals surface area contributed by atoms with Crippen LogP contribution < -0.4 is 5.32 Å². The van der Waals surface area contributed by atoms with Crippen molar-refractivity contribution in [2.45, 2.75) is 25.1 Å². The highest BCUT2D eigenvalue weighted by Crippen LogP contribution is 2.19. The highest BCUT2D eigenvalue weighted by Gasteiger charge is 2.38. The Morgan fingerprint density at radius 1 is 1.40 bits per heavy atom. The van der Waals surface area contributed by atoms with Crippen molar-refractivity contribution in [2.24, 2.45) is 0 Å². The van der Waals surface area contributed by atoms with Gasteiger partial charge in [-0.3, -0.25) is 0 Å². The van der Waals surface area contributed by atoms with Crippen molar-refractivity contribution in [3.63, 3.8) is 0 Å². The third kappa shape index (κ3) is 3.20. The topological polar surface area (TPSA) is 89.9 Å². The van der Waals surface area contributed by atoms with Gasteiger partial charge in [-0.25, -0.2) is 9.59 Å². The third-order valence-electron chi connectivity index (χ3n) is 3.21. The van der Waals surface area contributed by atoms with Gasteiger partial charge < -0.3 is 20.4 Å². The molecule has 7 heteroatoms. The first-order valence-corrected chi connectivity index (χ1v) is 6.55. The van der Waals surface area contributed by atoms with Crippen LogP contribution in [0.2, 0.25) is 5.02 Å². The van der Waals surface area contributed by atoms with E-state index < -0.39 is 24.1 Å². The van der Waals surface area contributed by atoms with Crippen LogP contribution >= 0.6 is 11.6 Å². The Labute approximate surface area is 121 Å². The number of carboxylic acid groups (broad SMARTS) is 1. The van der Waals surface area contributed by atoms with Gasteiger partial charge in [0.15, 0.2) is 0 Å². The van der Waals surface area contributed by atoms with Crippen molar-refractivity contribution in [1.82, 2.24) is 10.2 Å². The van der Waals surface area contributed by atoms with Crippen LogP contribution in [0.25, 0.3) is 0 Å². The number of rotatable bonds is 3. The summed E-state index contributed by atoms with van der Waals surface area (Å²) < 4.78 is 0. The lowest BCUT2D eigenvalue weighted by Crippen LogP contribution is -2.45. The number of benzene rings is 1. The highest BCUT2D eigenvalue weighted by molar-refractivity contribution is 6.31. The number of nitrogens with zero attached hydrogens (tertiary/aromatic N) is 1. The van der Waals surface area contributed by atoms with E-state index in [1.54, 1.807) is 24.3 Å².